The lowest BCUT2D eigenvalue weighted by Crippen LogP contribution is -2.12. The van der Waals surface area contributed by atoms with Gasteiger partial charge in [-0.2, -0.15) is 5.10 Å². The number of hydrogen-bond acceptors (Lipinski definition) is 4. The number of anilines is 1. The summed E-state index contributed by atoms with van der Waals surface area (Å²) in [5.74, 6) is -1.31. The third kappa shape index (κ3) is 3.38. The van der Waals surface area contributed by atoms with Crippen LogP contribution in [0.5, 0.6) is 0 Å². The van der Waals surface area contributed by atoms with Crippen LogP contribution in [0.4, 0.5) is 5.69 Å². The lowest BCUT2D eigenvalue weighted by molar-refractivity contribution is -0.137. The number of aryl methyl sites for hydroxylation is 1. The molecule has 2 N–H and O–H groups in total. The van der Waals surface area contributed by atoms with Crippen molar-refractivity contribution in [3.63, 3.8) is 0 Å². The van der Waals surface area contributed by atoms with Gasteiger partial charge in [0.25, 0.3) is 5.91 Å². The lowest BCUT2D eigenvalue weighted by atomic mass is 10.2. The van der Waals surface area contributed by atoms with Crippen LogP contribution in [-0.2, 0) is 11.3 Å². The van der Waals surface area contributed by atoms with E-state index < -0.39 is 5.97 Å². The van der Waals surface area contributed by atoms with Crippen molar-refractivity contribution in [3.8, 4) is 0 Å². The first-order chi connectivity index (χ1) is 9.04. The fraction of sp³-hybridized carbons (Fsp3) is 0.167. The molecule has 0 aliphatic rings. The smallest absolute Gasteiger partial charge is 0.325 e. The first-order valence-corrected chi connectivity index (χ1v) is 5.52. The summed E-state index contributed by atoms with van der Waals surface area (Å²) in [4.78, 5) is 26.3. The maximum absolute atomic E-state index is 11.9. The molecule has 1 amide bonds. The molecule has 0 saturated carbocycles. The normalized spacial score (nSPS) is 10.2. The van der Waals surface area contributed by atoms with Gasteiger partial charge in [-0.05, 0) is 18.6 Å². The number of carbonyl (C=O) groups excluding carboxylic acids is 1. The molecule has 0 fully saturated rings. The maximum Gasteiger partial charge on any atom is 0.325 e. The Morgan fingerprint density at radius 2 is 2.16 bits per heavy atom. The summed E-state index contributed by atoms with van der Waals surface area (Å²) >= 11 is 0. The third-order valence-electron chi connectivity index (χ3n) is 2.33. The highest BCUT2D eigenvalue weighted by molar-refractivity contribution is 6.04. The minimum Gasteiger partial charge on any atom is -0.480 e. The number of nitrogens with zero attached hydrogens (tertiary/aromatic N) is 3. The Bertz CT molecular complexity index is 621. The van der Waals surface area contributed by atoms with Crippen molar-refractivity contribution < 1.29 is 14.7 Å². The van der Waals surface area contributed by atoms with Gasteiger partial charge in [0, 0.05) is 18.6 Å². The SMILES string of the molecule is Cc1cncc(C(=O)Nc2cnn(CC(=O)O)c2)c1. The van der Waals surface area contributed by atoms with Crippen molar-refractivity contribution in [1.82, 2.24) is 14.8 Å². The van der Waals surface area contributed by atoms with Gasteiger partial charge in [0.15, 0.2) is 0 Å². The van der Waals surface area contributed by atoms with Gasteiger partial charge < -0.3 is 10.4 Å². The van der Waals surface area contributed by atoms with Crippen LogP contribution in [-0.4, -0.2) is 31.7 Å². The summed E-state index contributed by atoms with van der Waals surface area (Å²) in [7, 11) is 0. The molecule has 0 aliphatic carbocycles. The number of carbonyl (C=O) groups is 2. The summed E-state index contributed by atoms with van der Waals surface area (Å²) in [6.45, 7) is 1.59. The number of nitrogens with one attached hydrogen (secondary N) is 1. The van der Waals surface area contributed by atoms with Gasteiger partial charge in [-0.1, -0.05) is 0 Å². The Morgan fingerprint density at radius 1 is 1.37 bits per heavy atom. The maximum atomic E-state index is 11.9. The Balaban J connectivity index is 2.06. The molecule has 0 radical (unpaired) electrons. The molecular weight excluding hydrogens is 248 g/mol. The quantitative estimate of drug-likeness (QED) is 0.852. The van der Waals surface area contributed by atoms with E-state index in [1.54, 1.807) is 12.3 Å². The molecule has 0 spiro atoms. The first kappa shape index (κ1) is 12.7. The zero-order valence-electron chi connectivity index (χ0n) is 10.2. The molecular formula is C12H12N4O3. The molecule has 2 heterocycles. The monoisotopic (exact) mass is 260 g/mol. The molecule has 0 aliphatic heterocycles. The number of carboxylic acid groups (broad SMARTS) is 1. The van der Waals surface area contributed by atoms with Gasteiger partial charge in [-0.15, -0.1) is 0 Å². The van der Waals surface area contributed by atoms with Crippen molar-refractivity contribution in [2.24, 2.45) is 0 Å². The molecule has 0 saturated heterocycles. The summed E-state index contributed by atoms with van der Waals surface area (Å²) in [6, 6.07) is 1.71. The fourth-order valence-electron chi connectivity index (χ4n) is 1.54. The van der Waals surface area contributed by atoms with Gasteiger partial charge in [0.05, 0.1) is 17.4 Å². The molecule has 2 aromatic heterocycles. The molecule has 0 unspecified atom stereocenters. The van der Waals surface area contributed by atoms with E-state index in [2.05, 4.69) is 15.4 Å². The molecule has 0 aromatic carbocycles. The van der Waals surface area contributed by atoms with Crippen molar-refractivity contribution in [3.05, 3.63) is 42.0 Å². The molecule has 0 bridgehead atoms. The standard InChI is InChI=1S/C12H12N4O3/c1-8-2-9(4-13-3-8)12(19)15-10-5-14-16(6-10)7-11(17)18/h2-6H,7H2,1H3,(H,15,19)(H,17,18). The number of rotatable bonds is 4. The van der Waals surface area contributed by atoms with Gasteiger partial charge in [-0.25, -0.2) is 0 Å². The number of carboxylic acids is 1. The van der Waals surface area contributed by atoms with Gasteiger partial charge in [-0.3, -0.25) is 19.3 Å². The molecule has 2 aromatic rings. The van der Waals surface area contributed by atoms with E-state index in [-0.39, 0.29) is 12.5 Å². The zero-order chi connectivity index (χ0) is 13.8. The molecule has 7 nitrogen and oxygen atoms in total. The predicted molar refractivity (Wildman–Crippen MR) is 66.8 cm³/mol. The van der Waals surface area contributed by atoms with Gasteiger partial charge in [0.1, 0.15) is 6.54 Å². The van der Waals surface area contributed by atoms with Crippen molar-refractivity contribution >= 4 is 17.6 Å². The second-order valence-corrected chi connectivity index (χ2v) is 4.03. The largest absolute Gasteiger partial charge is 0.480 e. The highest BCUT2D eigenvalue weighted by Crippen LogP contribution is 2.08. The second-order valence-electron chi connectivity index (χ2n) is 4.03. The van der Waals surface area contributed by atoms with Crippen molar-refractivity contribution in [2.75, 3.05) is 5.32 Å². The van der Waals surface area contributed by atoms with Gasteiger partial charge >= 0.3 is 5.97 Å². The molecule has 7 heteroatoms. The Hall–Kier alpha value is -2.70. The number of amides is 1. The fourth-order valence-corrected chi connectivity index (χ4v) is 1.54. The minimum atomic E-state index is -0.996. The van der Waals surface area contributed by atoms with Gasteiger partial charge in [0.2, 0.25) is 0 Å². The van der Waals surface area contributed by atoms with E-state index in [0.717, 1.165) is 5.56 Å². The van der Waals surface area contributed by atoms with Crippen LogP contribution in [0.25, 0.3) is 0 Å². The van der Waals surface area contributed by atoms with E-state index in [4.69, 9.17) is 5.11 Å². The van der Waals surface area contributed by atoms with Crippen LogP contribution in [0.1, 0.15) is 15.9 Å². The number of aliphatic carboxylic acids is 1. The summed E-state index contributed by atoms with van der Waals surface area (Å²) < 4.78 is 1.23. The van der Waals surface area contributed by atoms with Crippen LogP contribution in [0, 0.1) is 6.92 Å². The molecule has 0 atom stereocenters. The van der Waals surface area contributed by atoms with E-state index in [0.29, 0.717) is 11.3 Å². The van der Waals surface area contributed by atoms with Crippen LogP contribution in [0.2, 0.25) is 0 Å². The van der Waals surface area contributed by atoms with Crippen LogP contribution in [0.15, 0.2) is 30.9 Å². The highest BCUT2D eigenvalue weighted by atomic mass is 16.4. The number of aromatic nitrogens is 3. The first-order valence-electron chi connectivity index (χ1n) is 5.52. The molecule has 98 valence electrons. The number of pyridine rings is 1. The van der Waals surface area contributed by atoms with Crippen molar-refractivity contribution in [1.29, 1.82) is 0 Å². The third-order valence-corrected chi connectivity index (χ3v) is 2.33. The average Bonchev–Trinajstić information content (AvgIpc) is 2.75. The summed E-state index contributed by atoms with van der Waals surface area (Å²) in [5, 5.41) is 15.1. The average molecular weight is 260 g/mol. The van der Waals surface area contributed by atoms with E-state index in [9.17, 15) is 9.59 Å². The van der Waals surface area contributed by atoms with E-state index in [1.807, 2.05) is 6.92 Å². The topological polar surface area (TPSA) is 97.1 Å². The van der Waals surface area contributed by atoms with Crippen molar-refractivity contribution in [2.45, 2.75) is 13.5 Å². The lowest BCUT2D eigenvalue weighted by Gasteiger charge is -2.02. The Kier molecular flexibility index (Phi) is 3.56. The predicted octanol–water partition coefficient (Wildman–Crippen LogP) is 0.923. The summed E-state index contributed by atoms with van der Waals surface area (Å²) in [6.07, 6.45) is 5.96. The van der Waals surface area contributed by atoms with Crippen LogP contribution >= 0.6 is 0 Å². The van der Waals surface area contributed by atoms with Crippen LogP contribution < -0.4 is 5.32 Å². The molecule has 2 rings (SSSR count). The molecule has 19 heavy (non-hydrogen) atoms. The second kappa shape index (κ2) is 5.30. The highest BCUT2D eigenvalue weighted by Gasteiger charge is 2.09. The Morgan fingerprint density at radius 3 is 2.84 bits per heavy atom. The Labute approximate surface area is 108 Å². The van der Waals surface area contributed by atoms with E-state index in [1.165, 1.54) is 23.3 Å². The van der Waals surface area contributed by atoms with Crippen LogP contribution in [0.3, 0.4) is 0 Å². The number of hydrogen-bond donors (Lipinski definition) is 2. The summed E-state index contributed by atoms with van der Waals surface area (Å²) in [5.41, 5.74) is 1.76. The zero-order valence-corrected chi connectivity index (χ0v) is 10.2. The van der Waals surface area contributed by atoms with E-state index >= 15 is 0 Å². The minimum absolute atomic E-state index is 0.248.